The van der Waals surface area contributed by atoms with Crippen molar-refractivity contribution in [3.05, 3.63) is 80.3 Å². The summed E-state index contributed by atoms with van der Waals surface area (Å²) in [6.45, 7) is -0.640. The summed E-state index contributed by atoms with van der Waals surface area (Å²) in [5.74, 6) is -1.03. The number of alkyl halides is 1. The largest absolute Gasteiger partial charge is 0.495 e. The number of methoxy groups -OCH3 is 1. The van der Waals surface area contributed by atoms with Gasteiger partial charge in [0.2, 0.25) is 0 Å². The topological polar surface area (TPSA) is 102 Å². The van der Waals surface area contributed by atoms with E-state index in [2.05, 4.69) is 10.4 Å². The number of fused-ring (bicyclic) bond motifs is 1. The van der Waals surface area contributed by atoms with Crippen LogP contribution in [0.4, 0.5) is 13.6 Å². The molecule has 1 aliphatic rings. The molecule has 0 fully saturated rings. The molecule has 1 unspecified atom stereocenters. The standard InChI is InChI=1S/C24H21Cl3F2N4O4S/c1-37-20-7-5-16(26)9-21(20)38(35,36)32-24(34)30-11-19(29)22-18(28)6-3-13-10-31-33(23(13)22)12-14-2-4-15(25)8-17(14)27/h2,4-5,7-10,18H,3,6,11-12H2,1H3,(H2,30,32,34). The Labute approximate surface area is 232 Å². The summed E-state index contributed by atoms with van der Waals surface area (Å²) in [7, 11) is -3.17. The highest BCUT2D eigenvalue weighted by molar-refractivity contribution is 7.90. The summed E-state index contributed by atoms with van der Waals surface area (Å²) in [6, 6.07) is 7.50. The van der Waals surface area contributed by atoms with E-state index in [1.165, 1.54) is 30.1 Å². The van der Waals surface area contributed by atoms with Gasteiger partial charge in [0.25, 0.3) is 10.0 Å². The minimum atomic E-state index is -4.42. The number of benzene rings is 2. The third-order valence-electron chi connectivity index (χ3n) is 5.82. The molecule has 1 aliphatic carbocycles. The first kappa shape index (κ1) is 28.2. The van der Waals surface area contributed by atoms with E-state index in [9.17, 15) is 13.2 Å². The van der Waals surface area contributed by atoms with Crippen molar-refractivity contribution in [3.8, 4) is 5.75 Å². The third-order valence-corrected chi connectivity index (χ3v) is 8.00. The molecule has 0 aliphatic heterocycles. The number of allylic oxidation sites excluding steroid dienone is 1. The van der Waals surface area contributed by atoms with Crippen molar-refractivity contribution in [1.29, 1.82) is 0 Å². The lowest BCUT2D eigenvalue weighted by molar-refractivity contribution is 0.246. The Bertz CT molecular complexity index is 1530. The van der Waals surface area contributed by atoms with Gasteiger partial charge in [0.05, 0.1) is 32.1 Å². The van der Waals surface area contributed by atoms with Gasteiger partial charge in [0, 0.05) is 20.6 Å². The van der Waals surface area contributed by atoms with Crippen molar-refractivity contribution < 1.29 is 26.7 Å². The maximum absolute atomic E-state index is 15.4. The number of aryl methyl sites for hydroxylation is 1. The fourth-order valence-corrected chi connectivity index (χ4v) is 5.88. The number of hydrogen-bond acceptors (Lipinski definition) is 5. The predicted octanol–water partition coefficient (Wildman–Crippen LogP) is 5.55. The van der Waals surface area contributed by atoms with Crippen molar-refractivity contribution in [2.45, 2.75) is 30.5 Å². The van der Waals surface area contributed by atoms with Crippen LogP contribution in [0, 0.1) is 0 Å². The van der Waals surface area contributed by atoms with E-state index in [4.69, 9.17) is 39.5 Å². The van der Waals surface area contributed by atoms with Crippen LogP contribution >= 0.6 is 34.8 Å². The molecule has 2 N–H and O–H groups in total. The average molecular weight is 606 g/mol. The van der Waals surface area contributed by atoms with Gasteiger partial charge in [-0.15, -0.1) is 0 Å². The van der Waals surface area contributed by atoms with E-state index >= 15 is 8.78 Å². The highest BCUT2D eigenvalue weighted by atomic mass is 35.5. The predicted molar refractivity (Wildman–Crippen MR) is 141 cm³/mol. The first-order valence-corrected chi connectivity index (χ1v) is 13.8. The summed E-state index contributed by atoms with van der Waals surface area (Å²) < 4.78 is 63.9. The van der Waals surface area contributed by atoms with E-state index in [1.807, 2.05) is 0 Å². The molecule has 2 amide bonds. The molecule has 14 heteroatoms. The van der Waals surface area contributed by atoms with Crippen LogP contribution in [0.5, 0.6) is 5.75 Å². The summed E-state index contributed by atoms with van der Waals surface area (Å²) in [5.41, 5.74) is 1.25. The normalized spacial score (nSPS) is 16.5. The van der Waals surface area contributed by atoms with Crippen molar-refractivity contribution in [1.82, 2.24) is 19.8 Å². The maximum atomic E-state index is 15.4. The molecule has 0 bridgehead atoms. The average Bonchev–Trinajstić information content (AvgIpc) is 3.26. The maximum Gasteiger partial charge on any atom is 0.329 e. The molecule has 0 saturated carbocycles. The SMILES string of the molecule is COc1ccc(Cl)cc1S(=O)(=O)NC(=O)NCC(F)=C1c2c(cnn2Cc2ccc(Cl)cc2Cl)CCC1F. The van der Waals surface area contributed by atoms with Gasteiger partial charge in [-0.2, -0.15) is 5.10 Å². The molecule has 1 heterocycles. The minimum absolute atomic E-state index is 0.0261. The molecule has 3 aromatic rings. The van der Waals surface area contributed by atoms with Crippen LogP contribution in [0.25, 0.3) is 5.57 Å². The highest BCUT2D eigenvalue weighted by Crippen LogP contribution is 2.36. The number of nitrogens with zero attached hydrogens (tertiary/aromatic N) is 2. The zero-order chi connectivity index (χ0) is 27.6. The number of ether oxygens (including phenoxy) is 1. The molecule has 2 aromatic carbocycles. The first-order valence-electron chi connectivity index (χ1n) is 11.2. The zero-order valence-electron chi connectivity index (χ0n) is 19.8. The number of halogens is 5. The van der Waals surface area contributed by atoms with E-state index in [0.717, 1.165) is 6.07 Å². The molecule has 8 nitrogen and oxygen atoms in total. The van der Waals surface area contributed by atoms with Gasteiger partial charge >= 0.3 is 6.03 Å². The number of sulfonamides is 1. The Balaban J connectivity index is 1.55. The van der Waals surface area contributed by atoms with Crippen molar-refractivity contribution in [3.63, 3.8) is 0 Å². The lowest BCUT2D eigenvalue weighted by Gasteiger charge is -2.22. The van der Waals surface area contributed by atoms with Gasteiger partial charge in [-0.05, 0) is 54.3 Å². The molecular formula is C24H21Cl3F2N4O4S. The quantitative estimate of drug-likeness (QED) is 0.368. The lowest BCUT2D eigenvalue weighted by Crippen LogP contribution is -2.40. The van der Waals surface area contributed by atoms with Crippen molar-refractivity contribution in [2.24, 2.45) is 0 Å². The minimum Gasteiger partial charge on any atom is -0.495 e. The van der Waals surface area contributed by atoms with Crippen molar-refractivity contribution in [2.75, 3.05) is 13.7 Å². The Morgan fingerprint density at radius 2 is 1.89 bits per heavy atom. The number of carbonyl (C=O) groups is 1. The van der Waals surface area contributed by atoms with Gasteiger partial charge in [-0.1, -0.05) is 40.9 Å². The molecule has 4 rings (SSSR count). The number of aromatic nitrogens is 2. The van der Waals surface area contributed by atoms with Crippen LogP contribution in [0.15, 0.2) is 53.3 Å². The van der Waals surface area contributed by atoms with Gasteiger partial charge in [-0.3, -0.25) is 4.68 Å². The Morgan fingerprint density at radius 3 is 2.61 bits per heavy atom. The molecule has 0 saturated heterocycles. The van der Waals surface area contributed by atoms with E-state index < -0.39 is 34.6 Å². The molecule has 0 spiro atoms. The Morgan fingerprint density at radius 1 is 1.18 bits per heavy atom. The zero-order valence-corrected chi connectivity index (χ0v) is 22.9. The molecule has 1 aromatic heterocycles. The number of carbonyl (C=O) groups excluding carboxylic acids is 1. The second kappa shape index (κ2) is 11.5. The second-order valence-corrected chi connectivity index (χ2v) is 11.3. The van der Waals surface area contributed by atoms with Crippen LogP contribution in [0.3, 0.4) is 0 Å². The molecule has 1 atom stereocenters. The van der Waals surface area contributed by atoms with Gasteiger partial charge in [-0.25, -0.2) is 26.7 Å². The molecule has 0 radical (unpaired) electrons. The smallest absolute Gasteiger partial charge is 0.329 e. The Kier molecular flexibility index (Phi) is 8.51. The van der Waals surface area contributed by atoms with Crippen molar-refractivity contribution >= 4 is 56.4 Å². The highest BCUT2D eigenvalue weighted by Gasteiger charge is 2.31. The van der Waals surface area contributed by atoms with E-state index in [0.29, 0.717) is 27.6 Å². The number of urea groups is 1. The third kappa shape index (κ3) is 6.06. The fraction of sp³-hybridized carbons (Fsp3) is 0.250. The number of hydrogen-bond donors (Lipinski definition) is 2. The van der Waals surface area contributed by atoms with Gasteiger partial charge in [0.15, 0.2) is 0 Å². The van der Waals surface area contributed by atoms with Crippen LogP contribution in [-0.4, -0.2) is 44.1 Å². The summed E-state index contributed by atoms with van der Waals surface area (Å²) in [6.07, 6.45) is 0.236. The van der Waals surface area contributed by atoms with Crippen LogP contribution in [0.2, 0.25) is 15.1 Å². The molecular weight excluding hydrogens is 585 g/mol. The number of nitrogens with one attached hydrogen (secondary N) is 2. The van der Waals surface area contributed by atoms with Crippen LogP contribution in [0.1, 0.15) is 23.2 Å². The summed E-state index contributed by atoms with van der Waals surface area (Å²) in [4.78, 5) is 12.0. The summed E-state index contributed by atoms with van der Waals surface area (Å²) in [5, 5.41) is 7.31. The molecule has 202 valence electrons. The van der Waals surface area contributed by atoms with E-state index in [1.54, 1.807) is 22.9 Å². The van der Waals surface area contributed by atoms with Gasteiger partial charge in [0.1, 0.15) is 22.6 Å². The fourth-order valence-electron chi connectivity index (χ4n) is 4.05. The first-order chi connectivity index (χ1) is 18.0. The van der Waals surface area contributed by atoms with Crippen LogP contribution in [-0.2, 0) is 23.0 Å². The Hall–Kier alpha value is -2.86. The summed E-state index contributed by atoms with van der Waals surface area (Å²) >= 11 is 18.1. The second-order valence-electron chi connectivity index (χ2n) is 8.32. The van der Waals surface area contributed by atoms with E-state index in [-0.39, 0.29) is 39.9 Å². The number of rotatable bonds is 7. The monoisotopic (exact) mass is 604 g/mol. The lowest BCUT2D eigenvalue weighted by atomic mass is 9.90. The van der Waals surface area contributed by atoms with Gasteiger partial charge < -0.3 is 10.1 Å². The number of amides is 2. The molecule has 38 heavy (non-hydrogen) atoms. The van der Waals surface area contributed by atoms with Crippen LogP contribution < -0.4 is 14.8 Å².